The number of pyridine rings is 1. The molecule has 0 saturated heterocycles. The molecular formula is C16H16N2O. The Bertz CT molecular complexity index is 580. The highest BCUT2D eigenvalue weighted by molar-refractivity contribution is 5.89. The summed E-state index contributed by atoms with van der Waals surface area (Å²) in [6.45, 7) is 0.865. The zero-order valence-electron chi connectivity index (χ0n) is 10.7. The van der Waals surface area contributed by atoms with Crippen LogP contribution >= 0.6 is 0 Å². The molecule has 0 fully saturated rings. The molecule has 1 atom stereocenters. The van der Waals surface area contributed by atoms with Gasteiger partial charge in [-0.05, 0) is 35.7 Å². The van der Waals surface area contributed by atoms with Gasteiger partial charge in [0.2, 0.25) is 0 Å². The van der Waals surface area contributed by atoms with E-state index in [-0.39, 0.29) is 5.92 Å². The van der Waals surface area contributed by atoms with E-state index < -0.39 is 0 Å². The summed E-state index contributed by atoms with van der Waals surface area (Å²) in [6.07, 6.45) is 4.83. The molecule has 2 heterocycles. The van der Waals surface area contributed by atoms with E-state index in [4.69, 9.17) is 0 Å². The number of nitrogens with one attached hydrogen (secondary N) is 1. The van der Waals surface area contributed by atoms with Crippen LogP contribution in [0.2, 0.25) is 0 Å². The van der Waals surface area contributed by atoms with Crippen molar-refractivity contribution in [1.29, 1.82) is 0 Å². The van der Waals surface area contributed by atoms with Crippen LogP contribution in [0, 0.1) is 0 Å². The molecule has 1 aromatic heterocycles. The maximum atomic E-state index is 12.5. The SMILES string of the molecule is O=C(Cc1ccncc1)C1CCNc2ccccc21. The summed E-state index contributed by atoms with van der Waals surface area (Å²) in [5.41, 5.74) is 3.27. The third-order valence-corrected chi connectivity index (χ3v) is 3.60. The third-order valence-electron chi connectivity index (χ3n) is 3.60. The largest absolute Gasteiger partial charge is 0.385 e. The Morgan fingerprint density at radius 2 is 2.00 bits per heavy atom. The zero-order chi connectivity index (χ0) is 13.1. The number of rotatable bonds is 3. The first-order valence-corrected chi connectivity index (χ1v) is 6.59. The molecule has 0 aliphatic carbocycles. The minimum atomic E-state index is 0.0191. The number of aromatic nitrogens is 1. The average molecular weight is 252 g/mol. The first-order chi connectivity index (χ1) is 9.34. The monoisotopic (exact) mass is 252 g/mol. The summed E-state index contributed by atoms with van der Waals surface area (Å²) >= 11 is 0. The third kappa shape index (κ3) is 2.50. The molecule has 1 aliphatic heterocycles. The molecular weight excluding hydrogens is 236 g/mol. The number of carbonyl (C=O) groups excluding carboxylic acids is 1. The summed E-state index contributed by atoms with van der Waals surface area (Å²) in [4.78, 5) is 16.5. The molecule has 0 spiro atoms. The van der Waals surface area contributed by atoms with Crippen LogP contribution in [0.4, 0.5) is 5.69 Å². The highest BCUT2D eigenvalue weighted by Crippen LogP contribution is 2.32. The molecule has 3 rings (SSSR count). The number of Topliss-reactive ketones (excluding diaryl/α,β-unsaturated/α-hetero) is 1. The highest BCUT2D eigenvalue weighted by Gasteiger charge is 2.25. The second-order valence-electron chi connectivity index (χ2n) is 4.85. The quantitative estimate of drug-likeness (QED) is 0.913. The lowest BCUT2D eigenvalue weighted by atomic mass is 9.85. The van der Waals surface area contributed by atoms with Crippen LogP contribution in [0.25, 0.3) is 0 Å². The van der Waals surface area contributed by atoms with Gasteiger partial charge >= 0.3 is 0 Å². The Labute approximate surface area is 112 Å². The lowest BCUT2D eigenvalue weighted by Crippen LogP contribution is -2.24. The van der Waals surface area contributed by atoms with Gasteiger partial charge in [-0.1, -0.05) is 18.2 Å². The molecule has 19 heavy (non-hydrogen) atoms. The molecule has 0 bridgehead atoms. The van der Waals surface area contributed by atoms with Gasteiger partial charge in [-0.15, -0.1) is 0 Å². The first kappa shape index (κ1) is 11.9. The molecule has 0 amide bonds. The van der Waals surface area contributed by atoms with Gasteiger partial charge in [-0.2, -0.15) is 0 Å². The number of anilines is 1. The number of hydrogen-bond donors (Lipinski definition) is 1. The van der Waals surface area contributed by atoms with Crippen LogP contribution in [0.15, 0.2) is 48.8 Å². The van der Waals surface area contributed by atoms with Gasteiger partial charge < -0.3 is 5.32 Å². The van der Waals surface area contributed by atoms with Gasteiger partial charge in [-0.3, -0.25) is 9.78 Å². The Balaban J connectivity index is 1.82. The topological polar surface area (TPSA) is 42.0 Å². The number of nitrogens with zero attached hydrogens (tertiary/aromatic N) is 1. The van der Waals surface area contributed by atoms with Crippen molar-refractivity contribution in [2.75, 3.05) is 11.9 Å². The van der Waals surface area contributed by atoms with Gasteiger partial charge in [0, 0.05) is 37.0 Å². The molecule has 3 heteroatoms. The molecule has 0 radical (unpaired) electrons. The van der Waals surface area contributed by atoms with E-state index >= 15 is 0 Å². The van der Waals surface area contributed by atoms with Gasteiger partial charge in [0.25, 0.3) is 0 Å². The number of para-hydroxylation sites is 1. The Morgan fingerprint density at radius 1 is 1.21 bits per heavy atom. The predicted molar refractivity (Wildman–Crippen MR) is 75.2 cm³/mol. The fourth-order valence-electron chi connectivity index (χ4n) is 2.63. The molecule has 1 unspecified atom stereocenters. The standard InChI is InChI=1S/C16H16N2O/c19-16(11-12-5-8-17-9-6-12)14-7-10-18-15-4-2-1-3-13(14)15/h1-6,8-9,14,18H,7,10-11H2. The fraction of sp³-hybridized carbons (Fsp3) is 0.250. The van der Waals surface area contributed by atoms with Crippen LogP contribution in [-0.2, 0) is 11.2 Å². The Hall–Kier alpha value is -2.16. The van der Waals surface area contributed by atoms with Gasteiger partial charge in [-0.25, -0.2) is 0 Å². The number of fused-ring (bicyclic) bond motifs is 1. The summed E-state index contributed by atoms with van der Waals surface area (Å²) in [6, 6.07) is 11.9. The molecule has 1 aliphatic rings. The first-order valence-electron chi connectivity index (χ1n) is 6.59. The van der Waals surface area contributed by atoms with E-state index in [0.29, 0.717) is 12.2 Å². The number of ketones is 1. The van der Waals surface area contributed by atoms with Crippen molar-refractivity contribution in [3.8, 4) is 0 Å². The van der Waals surface area contributed by atoms with Crippen molar-refractivity contribution in [2.24, 2.45) is 0 Å². The van der Waals surface area contributed by atoms with Crippen molar-refractivity contribution in [2.45, 2.75) is 18.8 Å². The van der Waals surface area contributed by atoms with Crippen molar-refractivity contribution in [3.05, 3.63) is 59.9 Å². The van der Waals surface area contributed by atoms with E-state index in [1.807, 2.05) is 30.3 Å². The molecule has 2 aromatic rings. The zero-order valence-corrected chi connectivity index (χ0v) is 10.7. The molecule has 0 saturated carbocycles. The van der Waals surface area contributed by atoms with Crippen LogP contribution < -0.4 is 5.32 Å². The molecule has 3 nitrogen and oxygen atoms in total. The van der Waals surface area contributed by atoms with Gasteiger partial charge in [0.1, 0.15) is 5.78 Å². The summed E-state index contributed by atoms with van der Waals surface area (Å²) in [7, 11) is 0. The van der Waals surface area contributed by atoms with Gasteiger partial charge in [0.05, 0.1) is 0 Å². The Kier molecular flexibility index (Phi) is 3.27. The predicted octanol–water partition coefficient (Wildman–Crippen LogP) is 2.79. The van der Waals surface area contributed by atoms with E-state index in [9.17, 15) is 4.79 Å². The lowest BCUT2D eigenvalue weighted by molar-refractivity contribution is -0.120. The maximum Gasteiger partial charge on any atom is 0.144 e. The van der Waals surface area contributed by atoms with Crippen LogP contribution in [0.1, 0.15) is 23.5 Å². The van der Waals surface area contributed by atoms with E-state index in [1.54, 1.807) is 12.4 Å². The summed E-state index contributed by atoms with van der Waals surface area (Å²) in [5.74, 6) is 0.311. The van der Waals surface area contributed by atoms with E-state index in [0.717, 1.165) is 29.8 Å². The number of hydrogen-bond acceptors (Lipinski definition) is 3. The number of carbonyl (C=O) groups is 1. The van der Waals surface area contributed by atoms with Gasteiger partial charge in [0.15, 0.2) is 0 Å². The van der Waals surface area contributed by atoms with E-state index in [1.165, 1.54) is 0 Å². The minimum Gasteiger partial charge on any atom is -0.385 e. The Morgan fingerprint density at radius 3 is 2.84 bits per heavy atom. The average Bonchev–Trinajstić information content (AvgIpc) is 2.47. The minimum absolute atomic E-state index is 0.0191. The molecule has 96 valence electrons. The summed E-state index contributed by atoms with van der Waals surface area (Å²) in [5, 5.41) is 3.35. The van der Waals surface area contributed by atoms with Crippen molar-refractivity contribution >= 4 is 11.5 Å². The molecule has 1 aromatic carbocycles. The van der Waals surface area contributed by atoms with Crippen molar-refractivity contribution in [1.82, 2.24) is 4.98 Å². The second-order valence-corrected chi connectivity index (χ2v) is 4.85. The smallest absolute Gasteiger partial charge is 0.144 e. The highest BCUT2D eigenvalue weighted by atomic mass is 16.1. The van der Waals surface area contributed by atoms with Crippen molar-refractivity contribution in [3.63, 3.8) is 0 Å². The van der Waals surface area contributed by atoms with E-state index in [2.05, 4.69) is 16.4 Å². The van der Waals surface area contributed by atoms with Crippen LogP contribution in [0.3, 0.4) is 0 Å². The fourth-order valence-corrected chi connectivity index (χ4v) is 2.63. The normalized spacial score (nSPS) is 17.4. The summed E-state index contributed by atoms with van der Waals surface area (Å²) < 4.78 is 0. The van der Waals surface area contributed by atoms with Crippen LogP contribution in [0.5, 0.6) is 0 Å². The second kappa shape index (κ2) is 5.22. The van der Waals surface area contributed by atoms with Crippen LogP contribution in [-0.4, -0.2) is 17.3 Å². The van der Waals surface area contributed by atoms with Crippen molar-refractivity contribution < 1.29 is 4.79 Å². The maximum absolute atomic E-state index is 12.5. The lowest BCUT2D eigenvalue weighted by Gasteiger charge is -2.25. The molecule has 1 N–H and O–H groups in total. The number of benzene rings is 1.